The van der Waals surface area contributed by atoms with E-state index in [4.69, 9.17) is 0 Å². The van der Waals surface area contributed by atoms with E-state index < -0.39 is 20.9 Å². The molecule has 0 bridgehead atoms. The summed E-state index contributed by atoms with van der Waals surface area (Å²) in [5.74, 6) is -1.81. The number of ether oxygens (including phenoxy) is 1. The third-order valence-corrected chi connectivity index (χ3v) is 2.78. The van der Waals surface area contributed by atoms with Gasteiger partial charge in [-0.3, -0.25) is 0 Å². The number of carbonyl (C=O) groups is 1. The zero-order valence-electron chi connectivity index (χ0n) is 5.37. The topological polar surface area (TPSA) is 60.4 Å². The maximum atomic E-state index is 12.5. The minimum atomic E-state index is -5.59. The zero-order chi connectivity index (χ0) is 9.28. The van der Waals surface area contributed by atoms with Crippen molar-refractivity contribution < 1.29 is 26.2 Å². The van der Waals surface area contributed by atoms with Crippen molar-refractivity contribution in [1.82, 2.24) is 0 Å². The maximum absolute atomic E-state index is 12.5. The van der Waals surface area contributed by atoms with Gasteiger partial charge in [0.1, 0.15) is 0 Å². The Labute approximate surface area is 64.3 Å². The van der Waals surface area contributed by atoms with Crippen LogP contribution in [0.3, 0.4) is 0 Å². The van der Waals surface area contributed by atoms with Gasteiger partial charge in [-0.1, -0.05) is 9.24 Å². The molecule has 0 heterocycles. The summed E-state index contributed by atoms with van der Waals surface area (Å²) in [5.41, 5.74) is 0. The number of halogens is 2. The average molecular weight is 206 g/mol. The van der Waals surface area contributed by atoms with Gasteiger partial charge < -0.3 is 4.74 Å². The second kappa shape index (κ2) is 2.98. The Morgan fingerprint density at radius 3 is 2.09 bits per heavy atom. The van der Waals surface area contributed by atoms with Crippen molar-refractivity contribution >= 4 is 25.4 Å². The second-order valence-corrected chi connectivity index (χ2v) is 4.26. The average Bonchev–Trinajstić information content (AvgIpc) is 1.83. The molecule has 0 fully saturated rings. The first-order valence-electron chi connectivity index (χ1n) is 2.24. The van der Waals surface area contributed by atoms with Gasteiger partial charge in [-0.05, 0) is 0 Å². The van der Waals surface area contributed by atoms with Gasteiger partial charge in [-0.15, -0.1) is 3.89 Å². The van der Waals surface area contributed by atoms with Crippen LogP contribution in [0.15, 0.2) is 0 Å². The Hall–Kier alpha value is -0.290. The fourth-order valence-electron chi connectivity index (χ4n) is 0.239. The van der Waals surface area contributed by atoms with E-state index in [1.807, 2.05) is 0 Å². The summed E-state index contributed by atoms with van der Waals surface area (Å²) in [7, 11) is -3.93. The SMILES string of the molecule is COC(=O)C(F)(P)S(=O)(=O)F. The fraction of sp³-hybridized carbons (Fsp3) is 0.667. The van der Waals surface area contributed by atoms with Crippen molar-refractivity contribution in [3.63, 3.8) is 0 Å². The molecule has 0 rings (SSSR count). The predicted molar refractivity (Wildman–Crippen MR) is 35.6 cm³/mol. The highest BCUT2D eigenvalue weighted by molar-refractivity contribution is 7.92. The molecule has 0 aromatic heterocycles. The van der Waals surface area contributed by atoms with E-state index in [1.165, 1.54) is 0 Å². The van der Waals surface area contributed by atoms with Crippen LogP contribution in [0, 0.1) is 0 Å². The van der Waals surface area contributed by atoms with E-state index in [-0.39, 0.29) is 0 Å². The maximum Gasteiger partial charge on any atom is 0.366 e. The minimum absolute atomic E-state index is 0.742. The molecule has 2 atom stereocenters. The highest BCUT2D eigenvalue weighted by Gasteiger charge is 2.49. The normalized spacial score (nSPS) is 17.1. The minimum Gasteiger partial charge on any atom is -0.466 e. The molecule has 8 heteroatoms. The number of alkyl halides is 1. The molecule has 0 aliphatic heterocycles. The second-order valence-electron chi connectivity index (χ2n) is 1.57. The first kappa shape index (κ1) is 10.7. The van der Waals surface area contributed by atoms with Gasteiger partial charge in [-0.2, -0.15) is 8.42 Å². The summed E-state index contributed by atoms with van der Waals surface area (Å²) < 4.78 is 44.2. The van der Waals surface area contributed by atoms with E-state index in [2.05, 4.69) is 4.74 Å². The monoisotopic (exact) mass is 206 g/mol. The fourth-order valence-corrected chi connectivity index (χ4v) is 0.639. The molecule has 0 amide bonds. The van der Waals surface area contributed by atoms with Crippen molar-refractivity contribution in [3.05, 3.63) is 0 Å². The quantitative estimate of drug-likeness (QED) is 0.361. The third kappa shape index (κ3) is 2.07. The number of carbonyl (C=O) groups excluding carboxylic acids is 1. The van der Waals surface area contributed by atoms with E-state index in [0.717, 1.165) is 16.3 Å². The molecule has 0 aromatic rings. The summed E-state index contributed by atoms with van der Waals surface area (Å²) in [6.45, 7) is 0. The van der Waals surface area contributed by atoms with Gasteiger partial charge >= 0.3 is 20.9 Å². The number of hydrogen-bond acceptors (Lipinski definition) is 4. The number of esters is 1. The lowest BCUT2D eigenvalue weighted by atomic mass is 10.7. The summed E-state index contributed by atoms with van der Waals surface area (Å²) in [4.78, 5) is 10.2. The lowest BCUT2D eigenvalue weighted by Crippen LogP contribution is -2.34. The highest BCUT2D eigenvalue weighted by atomic mass is 32.3. The molecule has 0 N–H and O–H groups in total. The molecule has 4 nitrogen and oxygen atoms in total. The van der Waals surface area contributed by atoms with Crippen LogP contribution in [0.25, 0.3) is 0 Å². The molecule has 2 unspecified atom stereocenters. The van der Waals surface area contributed by atoms with Gasteiger partial charge in [-0.25, -0.2) is 9.18 Å². The Bertz CT molecular complexity index is 259. The van der Waals surface area contributed by atoms with Crippen LogP contribution in [0.5, 0.6) is 0 Å². The summed E-state index contributed by atoms with van der Waals surface area (Å²) >= 11 is 0. The molecule has 0 spiro atoms. The van der Waals surface area contributed by atoms with E-state index in [1.54, 1.807) is 0 Å². The lowest BCUT2D eigenvalue weighted by molar-refractivity contribution is -0.144. The summed E-state index contributed by atoms with van der Waals surface area (Å²) in [5, 5.41) is 0. The molecule has 0 aromatic carbocycles. The zero-order valence-corrected chi connectivity index (χ0v) is 7.35. The molecule has 11 heavy (non-hydrogen) atoms. The number of methoxy groups -OCH3 is 1. The van der Waals surface area contributed by atoms with Gasteiger partial charge in [0, 0.05) is 0 Å². The van der Waals surface area contributed by atoms with E-state index in [9.17, 15) is 21.5 Å². The van der Waals surface area contributed by atoms with Gasteiger partial charge in [0.15, 0.2) is 0 Å². The molecular weight excluding hydrogens is 201 g/mol. The highest BCUT2D eigenvalue weighted by Crippen LogP contribution is 2.30. The largest absolute Gasteiger partial charge is 0.466 e. The number of hydrogen-bond donors (Lipinski definition) is 0. The molecular formula is C3H5F2O4PS. The lowest BCUT2D eigenvalue weighted by Gasteiger charge is -2.10. The molecule has 66 valence electrons. The van der Waals surface area contributed by atoms with Crippen molar-refractivity contribution in [2.75, 3.05) is 7.11 Å². The molecule has 0 aliphatic rings. The van der Waals surface area contributed by atoms with E-state index in [0.29, 0.717) is 0 Å². The Morgan fingerprint density at radius 2 is 2.00 bits per heavy atom. The van der Waals surface area contributed by atoms with Crippen LogP contribution in [-0.2, 0) is 19.8 Å². The van der Waals surface area contributed by atoms with Crippen LogP contribution in [0.4, 0.5) is 8.28 Å². The Morgan fingerprint density at radius 1 is 1.64 bits per heavy atom. The van der Waals surface area contributed by atoms with Crippen molar-refractivity contribution in [2.24, 2.45) is 0 Å². The van der Waals surface area contributed by atoms with Crippen LogP contribution < -0.4 is 0 Å². The molecule has 0 aliphatic carbocycles. The van der Waals surface area contributed by atoms with Crippen LogP contribution in [0.1, 0.15) is 0 Å². The van der Waals surface area contributed by atoms with Crippen LogP contribution in [0.2, 0.25) is 0 Å². The summed E-state index contributed by atoms with van der Waals surface area (Å²) in [6, 6.07) is 0. The Balaban J connectivity index is 4.90. The van der Waals surface area contributed by atoms with Crippen LogP contribution in [-0.4, -0.2) is 26.2 Å². The summed E-state index contributed by atoms with van der Waals surface area (Å²) in [6.07, 6.45) is 0. The van der Waals surface area contributed by atoms with E-state index >= 15 is 0 Å². The first-order valence-corrected chi connectivity index (χ1v) is 4.20. The van der Waals surface area contributed by atoms with Gasteiger partial charge in [0.2, 0.25) is 0 Å². The first-order chi connectivity index (χ1) is 4.73. The number of rotatable bonds is 2. The predicted octanol–water partition coefficient (Wildman–Crippen LogP) is -0.0429. The standard InChI is InChI=1S/C3H5F2O4PS/c1-9-2(6)3(4,10)11(5,7)8/h10H2,1H3. The Kier molecular flexibility index (Phi) is 2.91. The van der Waals surface area contributed by atoms with Gasteiger partial charge in [0.05, 0.1) is 7.11 Å². The third-order valence-electron chi connectivity index (χ3n) is 0.819. The van der Waals surface area contributed by atoms with Gasteiger partial charge in [0.25, 0.3) is 0 Å². The van der Waals surface area contributed by atoms with Crippen molar-refractivity contribution in [1.29, 1.82) is 0 Å². The smallest absolute Gasteiger partial charge is 0.366 e. The van der Waals surface area contributed by atoms with Crippen LogP contribution >= 0.6 is 9.24 Å². The van der Waals surface area contributed by atoms with Crippen molar-refractivity contribution in [3.8, 4) is 0 Å². The molecule has 0 radical (unpaired) electrons. The van der Waals surface area contributed by atoms with Crippen molar-refractivity contribution in [2.45, 2.75) is 4.74 Å². The molecule has 0 saturated carbocycles. The molecule has 0 saturated heterocycles.